The molecule has 2 atom stereocenters. The highest BCUT2D eigenvalue weighted by Crippen LogP contribution is 2.45. The zero-order chi connectivity index (χ0) is 16.4. The predicted molar refractivity (Wildman–Crippen MR) is 98.7 cm³/mol. The Morgan fingerprint density at radius 1 is 1.42 bits per heavy atom. The van der Waals surface area contributed by atoms with Gasteiger partial charge in [0.15, 0.2) is 0 Å². The number of ether oxygens (including phenoxy) is 1. The lowest BCUT2D eigenvalue weighted by Crippen LogP contribution is -2.48. The summed E-state index contributed by atoms with van der Waals surface area (Å²) >= 11 is 0. The summed E-state index contributed by atoms with van der Waals surface area (Å²) in [6.07, 6.45) is 4.67. The summed E-state index contributed by atoms with van der Waals surface area (Å²) in [6.45, 7) is 4.56. The maximum Gasteiger partial charge on any atom is 0.230 e. The van der Waals surface area contributed by atoms with Crippen LogP contribution in [0.1, 0.15) is 36.8 Å². The molecule has 2 aliphatic rings. The fourth-order valence-corrected chi connectivity index (χ4v) is 4.43. The Hall–Kier alpha value is -1.26. The third-order valence-corrected chi connectivity index (χ3v) is 5.69. The molecular formula is C19H29ClN2O2. The second-order valence-electron chi connectivity index (χ2n) is 7.19. The third-order valence-electron chi connectivity index (χ3n) is 5.69. The topological polar surface area (TPSA) is 41.6 Å². The quantitative estimate of drug-likeness (QED) is 0.905. The number of amides is 1. The lowest BCUT2D eigenvalue weighted by molar-refractivity contribution is -0.144. The molecule has 1 N–H and O–H groups in total. The van der Waals surface area contributed by atoms with Crippen LogP contribution in [0.4, 0.5) is 0 Å². The molecular weight excluding hydrogens is 324 g/mol. The lowest BCUT2D eigenvalue weighted by Gasteiger charge is -2.39. The number of nitrogens with zero attached hydrogens (tertiary/aromatic N) is 1. The molecule has 1 saturated heterocycles. The first kappa shape index (κ1) is 19.1. The maximum atomic E-state index is 13.2. The number of aryl methyl sites for hydroxylation is 1. The van der Waals surface area contributed by atoms with E-state index in [9.17, 15) is 4.79 Å². The molecule has 1 heterocycles. The molecule has 1 aliphatic heterocycles. The van der Waals surface area contributed by atoms with E-state index in [2.05, 4.69) is 17.4 Å². The van der Waals surface area contributed by atoms with E-state index in [1.165, 1.54) is 19.3 Å². The van der Waals surface area contributed by atoms with Gasteiger partial charge in [0, 0.05) is 20.1 Å². The minimum absolute atomic E-state index is 0. The summed E-state index contributed by atoms with van der Waals surface area (Å²) in [5.41, 5.74) is 2.12. The first-order chi connectivity index (χ1) is 11.1. The minimum Gasteiger partial charge on any atom is -0.496 e. The number of hydrogen-bond acceptors (Lipinski definition) is 3. The number of halogens is 1. The highest BCUT2D eigenvalue weighted by Gasteiger charge is 2.50. The number of benzene rings is 1. The van der Waals surface area contributed by atoms with Crippen molar-refractivity contribution >= 4 is 18.3 Å². The van der Waals surface area contributed by atoms with E-state index in [4.69, 9.17) is 4.74 Å². The summed E-state index contributed by atoms with van der Waals surface area (Å²) in [5.74, 6) is 1.73. The number of rotatable bonds is 4. The van der Waals surface area contributed by atoms with Gasteiger partial charge in [-0.05, 0) is 49.4 Å². The molecule has 0 unspecified atom stereocenters. The van der Waals surface area contributed by atoms with Crippen molar-refractivity contribution < 1.29 is 9.53 Å². The van der Waals surface area contributed by atoms with Crippen molar-refractivity contribution in [2.24, 2.45) is 11.3 Å². The number of hydrogen-bond donors (Lipinski definition) is 1. The Kier molecular flexibility index (Phi) is 6.16. The summed E-state index contributed by atoms with van der Waals surface area (Å²) in [5, 5.41) is 3.46. The Morgan fingerprint density at radius 3 is 2.92 bits per heavy atom. The van der Waals surface area contributed by atoms with E-state index in [-0.39, 0.29) is 17.8 Å². The van der Waals surface area contributed by atoms with Crippen LogP contribution in [0.3, 0.4) is 0 Å². The second kappa shape index (κ2) is 7.75. The number of methoxy groups -OCH3 is 1. The third kappa shape index (κ3) is 3.40. The predicted octanol–water partition coefficient (Wildman–Crippen LogP) is 3.16. The average molecular weight is 353 g/mol. The van der Waals surface area contributed by atoms with Gasteiger partial charge >= 0.3 is 0 Å². The van der Waals surface area contributed by atoms with Crippen LogP contribution in [-0.4, -0.2) is 38.1 Å². The maximum absolute atomic E-state index is 13.2. The molecule has 2 fully saturated rings. The molecule has 1 saturated carbocycles. The average Bonchev–Trinajstić information content (AvgIpc) is 2.99. The van der Waals surface area contributed by atoms with Crippen molar-refractivity contribution in [1.29, 1.82) is 0 Å². The largest absolute Gasteiger partial charge is 0.496 e. The van der Waals surface area contributed by atoms with Crippen LogP contribution in [0, 0.1) is 18.3 Å². The van der Waals surface area contributed by atoms with Crippen molar-refractivity contribution in [3.63, 3.8) is 0 Å². The summed E-state index contributed by atoms with van der Waals surface area (Å²) in [4.78, 5) is 15.1. The zero-order valence-corrected chi connectivity index (χ0v) is 15.7. The second-order valence-corrected chi connectivity index (χ2v) is 7.19. The standard InChI is InChI=1S/C19H28N2O2.ClH/c1-14-10-15(7-8-17(14)23-3)12-21(2)18(22)19-9-5-4-6-16(19)11-20-13-19;/h7-8,10,16,20H,4-6,9,11-13H2,1-3H3;1H/t16-,19+;/m0./s1. The number of carbonyl (C=O) groups excluding carboxylic acids is 1. The van der Waals surface area contributed by atoms with Crippen molar-refractivity contribution in [2.75, 3.05) is 27.2 Å². The van der Waals surface area contributed by atoms with Gasteiger partial charge in [-0.25, -0.2) is 0 Å². The molecule has 1 aromatic rings. The van der Waals surface area contributed by atoms with E-state index in [1.54, 1.807) is 7.11 Å². The molecule has 0 bridgehead atoms. The van der Waals surface area contributed by atoms with Crippen molar-refractivity contribution in [3.8, 4) is 5.75 Å². The number of carbonyl (C=O) groups is 1. The molecule has 5 heteroatoms. The smallest absolute Gasteiger partial charge is 0.230 e. The SMILES string of the molecule is COc1ccc(CN(C)C(=O)[C@@]23CCCC[C@H]2CNC3)cc1C.Cl. The van der Waals surface area contributed by atoms with Crippen LogP contribution in [0.15, 0.2) is 18.2 Å². The van der Waals surface area contributed by atoms with E-state index in [0.29, 0.717) is 18.4 Å². The molecule has 0 radical (unpaired) electrons. The summed E-state index contributed by atoms with van der Waals surface area (Å²) in [7, 11) is 3.63. The van der Waals surface area contributed by atoms with Crippen molar-refractivity contribution in [2.45, 2.75) is 39.2 Å². The van der Waals surface area contributed by atoms with Gasteiger partial charge in [0.1, 0.15) is 5.75 Å². The number of nitrogens with one attached hydrogen (secondary N) is 1. The van der Waals surface area contributed by atoms with Crippen LogP contribution < -0.4 is 10.1 Å². The lowest BCUT2D eigenvalue weighted by atomic mass is 9.67. The van der Waals surface area contributed by atoms with E-state index in [0.717, 1.165) is 36.4 Å². The summed E-state index contributed by atoms with van der Waals surface area (Å²) in [6, 6.07) is 6.16. The monoisotopic (exact) mass is 352 g/mol. The molecule has 134 valence electrons. The Labute approximate surface area is 151 Å². The summed E-state index contributed by atoms with van der Waals surface area (Å²) < 4.78 is 5.31. The van der Waals surface area contributed by atoms with Gasteiger partial charge in [0.25, 0.3) is 0 Å². The highest BCUT2D eigenvalue weighted by molar-refractivity contribution is 5.85. The van der Waals surface area contributed by atoms with Gasteiger partial charge in [-0.1, -0.05) is 25.0 Å². The molecule has 1 aliphatic carbocycles. The Bertz CT molecular complexity index is 593. The van der Waals surface area contributed by atoms with Crippen molar-refractivity contribution in [1.82, 2.24) is 10.2 Å². The molecule has 24 heavy (non-hydrogen) atoms. The van der Waals surface area contributed by atoms with Gasteiger partial charge in [0.2, 0.25) is 5.91 Å². The van der Waals surface area contributed by atoms with Crippen LogP contribution in [0.5, 0.6) is 5.75 Å². The molecule has 3 rings (SSSR count). The molecule has 0 aromatic heterocycles. The fraction of sp³-hybridized carbons (Fsp3) is 0.632. The van der Waals surface area contributed by atoms with Crippen molar-refractivity contribution in [3.05, 3.63) is 29.3 Å². The van der Waals surface area contributed by atoms with E-state index >= 15 is 0 Å². The molecule has 0 spiro atoms. The first-order valence-electron chi connectivity index (χ1n) is 8.66. The first-order valence-corrected chi connectivity index (χ1v) is 8.66. The minimum atomic E-state index is -0.158. The molecule has 1 aromatic carbocycles. The van der Waals surface area contributed by atoms with Crippen LogP contribution in [0.25, 0.3) is 0 Å². The number of fused-ring (bicyclic) bond motifs is 1. The highest BCUT2D eigenvalue weighted by atomic mass is 35.5. The van der Waals surface area contributed by atoms with Crippen LogP contribution >= 0.6 is 12.4 Å². The van der Waals surface area contributed by atoms with Crippen LogP contribution in [-0.2, 0) is 11.3 Å². The van der Waals surface area contributed by atoms with E-state index < -0.39 is 0 Å². The van der Waals surface area contributed by atoms with Crippen LogP contribution in [0.2, 0.25) is 0 Å². The van der Waals surface area contributed by atoms with Gasteiger partial charge in [-0.15, -0.1) is 12.4 Å². The Morgan fingerprint density at radius 2 is 2.21 bits per heavy atom. The normalized spacial score (nSPS) is 25.5. The zero-order valence-electron chi connectivity index (χ0n) is 14.9. The fourth-order valence-electron chi connectivity index (χ4n) is 4.43. The molecule has 1 amide bonds. The van der Waals surface area contributed by atoms with Gasteiger partial charge in [-0.3, -0.25) is 4.79 Å². The van der Waals surface area contributed by atoms with Gasteiger partial charge in [0.05, 0.1) is 12.5 Å². The van der Waals surface area contributed by atoms with E-state index in [1.807, 2.05) is 24.9 Å². The molecule has 4 nitrogen and oxygen atoms in total. The van der Waals surface area contributed by atoms with Gasteiger partial charge < -0.3 is 15.0 Å². The van der Waals surface area contributed by atoms with Gasteiger partial charge in [-0.2, -0.15) is 0 Å². The Balaban J connectivity index is 0.00000208.